The monoisotopic (exact) mass is 459 g/mol. The van der Waals surface area contributed by atoms with E-state index in [2.05, 4.69) is 20.1 Å². The van der Waals surface area contributed by atoms with E-state index in [-0.39, 0.29) is 27.5 Å². The van der Waals surface area contributed by atoms with Gasteiger partial charge in [-0.05, 0) is 42.4 Å². The Labute approximate surface area is 187 Å². The van der Waals surface area contributed by atoms with Gasteiger partial charge in [0.2, 0.25) is 0 Å². The summed E-state index contributed by atoms with van der Waals surface area (Å²) in [5, 5.41) is 21.3. The van der Waals surface area contributed by atoms with Crippen molar-refractivity contribution in [2.24, 2.45) is 15.7 Å². The first-order valence-electron chi connectivity index (χ1n) is 10.8. The van der Waals surface area contributed by atoms with Crippen molar-refractivity contribution in [3.8, 4) is 5.75 Å². The lowest BCUT2D eigenvalue weighted by Gasteiger charge is -2.27. The van der Waals surface area contributed by atoms with Crippen LogP contribution in [-0.2, 0) is 23.0 Å². The lowest BCUT2D eigenvalue weighted by molar-refractivity contribution is 0.257. The molecule has 1 fully saturated rings. The fourth-order valence-electron chi connectivity index (χ4n) is 3.91. The maximum absolute atomic E-state index is 13.3. The van der Waals surface area contributed by atoms with Crippen LogP contribution in [0.3, 0.4) is 0 Å². The molecule has 4 rings (SSSR count). The van der Waals surface area contributed by atoms with Gasteiger partial charge in [0.05, 0.1) is 5.69 Å². The van der Waals surface area contributed by atoms with Crippen LogP contribution < -0.4 is 16.2 Å². The van der Waals surface area contributed by atoms with Crippen LogP contribution in [0.1, 0.15) is 51.3 Å². The number of fused-ring (bicyclic) bond motifs is 1. The van der Waals surface area contributed by atoms with Crippen LogP contribution in [0.25, 0.3) is 0 Å². The highest BCUT2D eigenvalue weighted by Crippen LogP contribution is 2.34. The second-order valence-corrected chi connectivity index (χ2v) is 11.3. The topological polar surface area (TPSA) is 126 Å². The molecule has 2 aliphatic rings. The maximum Gasteiger partial charge on any atom is 0.286 e. The van der Waals surface area contributed by atoms with Gasteiger partial charge in [-0.2, -0.15) is 13.5 Å². The average molecular weight is 460 g/mol. The van der Waals surface area contributed by atoms with E-state index < -0.39 is 15.6 Å². The van der Waals surface area contributed by atoms with Crippen molar-refractivity contribution < 1.29 is 13.5 Å². The SMILES string of the molecule is CNc1ccc2c(c1)S(=O)(=O)N=C(c1c(O)c(CC(C)(C)C)nn(CC3CCC3)c1=O)N2. The van der Waals surface area contributed by atoms with Crippen LogP contribution in [0.15, 0.2) is 32.3 Å². The number of nitrogens with zero attached hydrogens (tertiary/aromatic N) is 3. The molecule has 0 radical (unpaired) electrons. The van der Waals surface area contributed by atoms with Crippen LogP contribution in [0.2, 0.25) is 0 Å². The molecule has 2 heterocycles. The highest BCUT2D eigenvalue weighted by molar-refractivity contribution is 7.90. The van der Waals surface area contributed by atoms with Crippen molar-refractivity contribution in [1.82, 2.24) is 9.78 Å². The molecule has 3 N–H and O–H groups in total. The summed E-state index contributed by atoms with van der Waals surface area (Å²) in [6.07, 6.45) is 3.58. The molecule has 1 aromatic carbocycles. The summed E-state index contributed by atoms with van der Waals surface area (Å²) in [5.41, 5.74) is 0.353. The zero-order chi connectivity index (χ0) is 23.3. The van der Waals surface area contributed by atoms with E-state index >= 15 is 0 Å². The van der Waals surface area contributed by atoms with E-state index in [0.717, 1.165) is 19.3 Å². The number of hydrogen-bond donors (Lipinski definition) is 3. The Kier molecular flexibility index (Phi) is 5.52. The highest BCUT2D eigenvalue weighted by Gasteiger charge is 2.32. The van der Waals surface area contributed by atoms with E-state index in [1.165, 1.54) is 10.7 Å². The van der Waals surface area contributed by atoms with E-state index in [0.29, 0.717) is 36.0 Å². The summed E-state index contributed by atoms with van der Waals surface area (Å²) in [5.74, 6) is -0.158. The van der Waals surface area contributed by atoms with Gasteiger partial charge >= 0.3 is 0 Å². The molecule has 2 aromatic rings. The van der Waals surface area contributed by atoms with Crippen molar-refractivity contribution in [3.63, 3.8) is 0 Å². The van der Waals surface area contributed by atoms with Crippen LogP contribution in [-0.4, -0.2) is 36.2 Å². The van der Waals surface area contributed by atoms with Crippen molar-refractivity contribution in [1.29, 1.82) is 0 Å². The summed E-state index contributed by atoms with van der Waals surface area (Å²) in [4.78, 5) is 13.3. The average Bonchev–Trinajstić information content (AvgIpc) is 2.66. The second kappa shape index (κ2) is 7.91. The van der Waals surface area contributed by atoms with E-state index in [9.17, 15) is 18.3 Å². The number of sulfonamides is 1. The van der Waals surface area contributed by atoms with Gasteiger partial charge in [-0.15, -0.1) is 4.40 Å². The molecule has 1 aromatic heterocycles. The number of nitrogens with one attached hydrogen (secondary N) is 2. The number of aromatic hydroxyl groups is 1. The second-order valence-electron chi connectivity index (χ2n) is 9.69. The Morgan fingerprint density at radius 2 is 2.00 bits per heavy atom. The number of rotatable bonds is 5. The van der Waals surface area contributed by atoms with Crippen molar-refractivity contribution in [3.05, 3.63) is 39.8 Å². The quantitative estimate of drug-likeness (QED) is 0.628. The smallest absolute Gasteiger partial charge is 0.286 e. The number of amidine groups is 1. The number of aromatic nitrogens is 2. The van der Waals surface area contributed by atoms with Crippen LogP contribution in [0.4, 0.5) is 11.4 Å². The standard InChI is InChI=1S/C22H29N5O4S/c1-22(2,3)11-16-19(28)18(21(29)27(25-16)12-13-6-5-7-13)20-24-15-9-8-14(23-4)10-17(15)32(30,31)26-20/h8-10,13,23,28H,5-7,11-12H2,1-4H3,(H,24,26). The molecule has 1 aliphatic carbocycles. The lowest BCUT2D eigenvalue weighted by atomic mass is 9.85. The van der Waals surface area contributed by atoms with Crippen molar-refractivity contribution >= 4 is 27.2 Å². The molecule has 172 valence electrons. The molecule has 0 saturated heterocycles. The summed E-state index contributed by atoms with van der Waals surface area (Å²) < 4.78 is 31.1. The predicted molar refractivity (Wildman–Crippen MR) is 124 cm³/mol. The van der Waals surface area contributed by atoms with Gasteiger partial charge in [0, 0.05) is 25.7 Å². The summed E-state index contributed by atoms with van der Waals surface area (Å²) in [6, 6.07) is 4.80. The zero-order valence-corrected chi connectivity index (χ0v) is 19.6. The van der Waals surface area contributed by atoms with Gasteiger partial charge in [-0.3, -0.25) is 4.79 Å². The van der Waals surface area contributed by atoms with Crippen molar-refractivity contribution in [2.45, 2.75) is 57.9 Å². The third kappa shape index (κ3) is 4.23. The minimum atomic E-state index is -4.08. The Bertz CT molecular complexity index is 1250. The van der Waals surface area contributed by atoms with Gasteiger partial charge < -0.3 is 15.7 Å². The molecule has 0 amide bonds. The fraction of sp³-hybridized carbons (Fsp3) is 0.500. The Morgan fingerprint density at radius 3 is 2.59 bits per heavy atom. The molecule has 0 spiro atoms. The third-order valence-corrected chi connectivity index (χ3v) is 7.12. The maximum atomic E-state index is 13.3. The molecule has 32 heavy (non-hydrogen) atoms. The van der Waals surface area contributed by atoms with Gasteiger partial charge in [-0.25, -0.2) is 4.68 Å². The van der Waals surface area contributed by atoms with Crippen LogP contribution in [0.5, 0.6) is 5.75 Å². The zero-order valence-electron chi connectivity index (χ0n) is 18.8. The Balaban J connectivity index is 1.86. The molecular formula is C22H29N5O4S. The summed E-state index contributed by atoms with van der Waals surface area (Å²) in [7, 11) is -2.39. The molecule has 10 heteroatoms. The fourth-order valence-corrected chi connectivity index (χ4v) is 5.06. The molecular weight excluding hydrogens is 430 g/mol. The largest absolute Gasteiger partial charge is 0.505 e. The van der Waals surface area contributed by atoms with Crippen LogP contribution >= 0.6 is 0 Å². The molecule has 0 atom stereocenters. The van der Waals surface area contributed by atoms with Gasteiger partial charge in [0.1, 0.15) is 16.2 Å². The minimum absolute atomic E-state index is 0.00588. The third-order valence-electron chi connectivity index (χ3n) is 5.80. The number of benzene rings is 1. The normalized spacial score (nSPS) is 17.7. The van der Waals surface area contributed by atoms with Crippen LogP contribution in [0, 0.1) is 11.3 Å². The van der Waals surface area contributed by atoms with Gasteiger partial charge in [-0.1, -0.05) is 27.2 Å². The Hall–Kier alpha value is -2.88. The minimum Gasteiger partial charge on any atom is -0.505 e. The van der Waals surface area contributed by atoms with Crippen molar-refractivity contribution in [2.75, 3.05) is 17.7 Å². The highest BCUT2D eigenvalue weighted by atomic mass is 32.2. The molecule has 0 unspecified atom stereocenters. The molecule has 9 nitrogen and oxygen atoms in total. The molecule has 1 saturated carbocycles. The van der Waals surface area contributed by atoms with E-state index in [1.807, 2.05) is 20.8 Å². The van der Waals surface area contributed by atoms with Gasteiger partial charge in [0.15, 0.2) is 11.6 Å². The first kappa shape index (κ1) is 22.3. The Morgan fingerprint density at radius 1 is 1.28 bits per heavy atom. The summed E-state index contributed by atoms with van der Waals surface area (Å²) >= 11 is 0. The summed E-state index contributed by atoms with van der Waals surface area (Å²) in [6.45, 7) is 6.45. The first-order chi connectivity index (χ1) is 15.0. The number of hydrogen-bond acceptors (Lipinski definition) is 7. The first-order valence-corrected chi connectivity index (χ1v) is 12.2. The van der Waals surface area contributed by atoms with E-state index in [1.54, 1.807) is 19.2 Å². The van der Waals surface area contributed by atoms with Gasteiger partial charge in [0.25, 0.3) is 15.6 Å². The predicted octanol–water partition coefficient (Wildman–Crippen LogP) is 2.94. The van der Waals surface area contributed by atoms with E-state index in [4.69, 9.17) is 0 Å². The number of anilines is 2. The molecule has 1 aliphatic heterocycles. The lowest BCUT2D eigenvalue weighted by Crippen LogP contribution is -2.37. The molecule has 0 bridgehead atoms.